The summed E-state index contributed by atoms with van der Waals surface area (Å²) in [5.41, 5.74) is 8.07. The van der Waals surface area contributed by atoms with Crippen LogP contribution in [0.1, 0.15) is 12.0 Å². The first-order valence-corrected chi connectivity index (χ1v) is 4.67. The van der Waals surface area contributed by atoms with E-state index in [1.165, 1.54) is 16.5 Å². The third-order valence-electron chi connectivity index (χ3n) is 2.33. The van der Waals surface area contributed by atoms with Gasteiger partial charge in [-0.1, -0.05) is 18.2 Å². The van der Waals surface area contributed by atoms with Gasteiger partial charge in [0.25, 0.3) is 0 Å². The minimum atomic E-state index is 0. The predicted octanol–water partition coefficient (Wildman–Crippen LogP) is 2.90. The topological polar surface area (TPSA) is 41.8 Å². The average molecular weight is 247 g/mol. The highest BCUT2D eigenvalue weighted by molar-refractivity contribution is 5.85. The van der Waals surface area contributed by atoms with Crippen molar-refractivity contribution in [2.24, 2.45) is 5.73 Å². The summed E-state index contributed by atoms with van der Waals surface area (Å²) >= 11 is 0. The first kappa shape index (κ1) is 14.3. The Bertz CT molecular complexity index is 398. The van der Waals surface area contributed by atoms with Gasteiger partial charge in [0.15, 0.2) is 0 Å². The highest BCUT2D eigenvalue weighted by Crippen LogP contribution is 2.18. The summed E-state index contributed by atoms with van der Waals surface area (Å²) < 4.78 is 0. The monoisotopic (exact) mass is 246 g/mol. The second-order valence-electron chi connectivity index (χ2n) is 3.25. The van der Waals surface area contributed by atoms with Gasteiger partial charge in [0.05, 0.1) is 0 Å². The van der Waals surface area contributed by atoms with Crippen molar-refractivity contribution in [3.63, 3.8) is 0 Å². The Morgan fingerprint density at radius 3 is 2.60 bits per heavy atom. The molecule has 0 radical (unpaired) electrons. The molecule has 1 heterocycles. The molecular weight excluding hydrogens is 231 g/mol. The second-order valence-corrected chi connectivity index (χ2v) is 3.25. The summed E-state index contributed by atoms with van der Waals surface area (Å²) in [6, 6.07) is 8.37. The number of aromatic amines is 1. The Morgan fingerprint density at radius 1 is 1.13 bits per heavy atom. The molecule has 0 aliphatic carbocycles. The van der Waals surface area contributed by atoms with Gasteiger partial charge in [-0.05, 0) is 31.0 Å². The number of nitrogens with one attached hydrogen (secondary N) is 1. The summed E-state index contributed by atoms with van der Waals surface area (Å²) in [7, 11) is 0. The molecule has 1 aromatic heterocycles. The molecule has 1 aromatic carbocycles. The third kappa shape index (κ3) is 3.13. The van der Waals surface area contributed by atoms with Crippen LogP contribution >= 0.6 is 24.8 Å². The van der Waals surface area contributed by atoms with Crippen molar-refractivity contribution in [1.82, 2.24) is 4.98 Å². The summed E-state index contributed by atoms with van der Waals surface area (Å²) in [5.74, 6) is 0. The lowest BCUT2D eigenvalue weighted by molar-refractivity contribution is 0.837. The zero-order chi connectivity index (χ0) is 9.10. The fourth-order valence-corrected chi connectivity index (χ4v) is 1.63. The molecule has 0 fully saturated rings. The van der Waals surface area contributed by atoms with E-state index in [0.717, 1.165) is 19.4 Å². The van der Waals surface area contributed by atoms with E-state index in [0.29, 0.717) is 0 Å². The second kappa shape index (κ2) is 6.72. The SMILES string of the molecule is Cl.Cl.NCCCc1c[nH]c2ccccc12. The molecule has 0 bridgehead atoms. The number of halogens is 2. The Labute approximate surface area is 102 Å². The molecule has 0 saturated carbocycles. The van der Waals surface area contributed by atoms with E-state index in [9.17, 15) is 0 Å². The Hall–Kier alpha value is -0.700. The van der Waals surface area contributed by atoms with Gasteiger partial charge in [-0.25, -0.2) is 0 Å². The van der Waals surface area contributed by atoms with Crippen molar-refractivity contribution in [2.45, 2.75) is 12.8 Å². The zero-order valence-corrected chi connectivity index (χ0v) is 10.0. The standard InChI is InChI=1S/C11H14N2.2ClH/c12-7-3-4-9-8-13-11-6-2-1-5-10(9)11;;/h1-2,5-6,8,13H,3-4,7,12H2;2*1H. The van der Waals surface area contributed by atoms with E-state index in [1.54, 1.807) is 0 Å². The van der Waals surface area contributed by atoms with Gasteiger partial charge in [0, 0.05) is 17.1 Å². The quantitative estimate of drug-likeness (QED) is 0.860. The summed E-state index contributed by atoms with van der Waals surface area (Å²) in [6.45, 7) is 0.763. The number of aromatic nitrogens is 1. The van der Waals surface area contributed by atoms with Crippen molar-refractivity contribution < 1.29 is 0 Å². The first-order valence-electron chi connectivity index (χ1n) is 4.67. The molecule has 4 heteroatoms. The van der Waals surface area contributed by atoms with Crippen molar-refractivity contribution in [3.8, 4) is 0 Å². The zero-order valence-electron chi connectivity index (χ0n) is 8.40. The maximum absolute atomic E-state index is 5.48. The maximum Gasteiger partial charge on any atom is 0.0456 e. The molecule has 0 unspecified atom stereocenters. The van der Waals surface area contributed by atoms with Crippen LogP contribution in [0.4, 0.5) is 0 Å². The smallest absolute Gasteiger partial charge is 0.0456 e. The average Bonchev–Trinajstić information content (AvgIpc) is 2.58. The number of H-pyrrole nitrogens is 1. The number of fused-ring (bicyclic) bond motifs is 1. The number of rotatable bonds is 3. The van der Waals surface area contributed by atoms with E-state index in [4.69, 9.17) is 5.73 Å². The molecule has 2 nitrogen and oxygen atoms in total. The fourth-order valence-electron chi connectivity index (χ4n) is 1.63. The third-order valence-corrected chi connectivity index (χ3v) is 2.33. The number of para-hydroxylation sites is 1. The van der Waals surface area contributed by atoms with Gasteiger partial charge in [-0.3, -0.25) is 0 Å². The van der Waals surface area contributed by atoms with E-state index >= 15 is 0 Å². The number of hydrogen-bond acceptors (Lipinski definition) is 1. The largest absolute Gasteiger partial charge is 0.361 e. The van der Waals surface area contributed by atoms with Gasteiger partial charge < -0.3 is 10.7 Å². The molecule has 0 aliphatic rings. The van der Waals surface area contributed by atoms with E-state index < -0.39 is 0 Å². The molecule has 84 valence electrons. The minimum Gasteiger partial charge on any atom is -0.361 e. The van der Waals surface area contributed by atoms with Gasteiger partial charge >= 0.3 is 0 Å². The molecule has 0 amide bonds. The van der Waals surface area contributed by atoms with Gasteiger partial charge in [0.2, 0.25) is 0 Å². The highest BCUT2D eigenvalue weighted by Gasteiger charge is 2.00. The van der Waals surface area contributed by atoms with Crippen molar-refractivity contribution in [1.29, 1.82) is 0 Å². The Kier molecular flexibility index (Phi) is 6.41. The van der Waals surface area contributed by atoms with Crippen molar-refractivity contribution in [3.05, 3.63) is 36.0 Å². The number of hydrogen-bond donors (Lipinski definition) is 2. The van der Waals surface area contributed by atoms with Crippen LogP contribution < -0.4 is 5.73 Å². The normalized spacial score (nSPS) is 9.40. The Balaban J connectivity index is 0.000000980. The maximum atomic E-state index is 5.48. The molecule has 0 aliphatic heterocycles. The predicted molar refractivity (Wildman–Crippen MR) is 70.2 cm³/mol. The van der Waals surface area contributed by atoms with Crippen molar-refractivity contribution >= 4 is 35.7 Å². The minimum absolute atomic E-state index is 0. The molecule has 2 rings (SSSR count). The lowest BCUT2D eigenvalue weighted by Crippen LogP contribution is -1.99. The van der Waals surface area contributed by atoms with Crippen LogP contribution in [0, 0.1) is 0 Å². The number of benzene rings is 1. The number of aryl methyl sites for hydroxylation is 1. The van der Waals surface area contributed by atoms with Crippen molar-refractivity contribution in [2.75, 3.05) is 6.54 Å². The van der Waals surface area contributed by atoms with E-state index in [1.807, 2.05) is 6.07 Å². The van der Waals surface area contributed by atoms with Gasteiger partial charge in [-0.2, -0.15) is 0 Å². The summed E-state index contributed by atoms with van der Waals surface area (Å²) in [4.78, 5) is 3.26. The lowest BCUT2D eigenvalue weighted by Gasteiger charge is -1.96. The van der Waals surface area contributed by atoms with Gasteiger partial charge in [-0.15, -0.1) is 24.8 Å². The Morgan fingerprint density at radius 2 is 1.87 bits per heavy atom. The summed E-state index contributed by atoms with van der Waals surface area (Å²) in [5, 5.41) is 1.33. The van der Waals surface area contributed by atoms with Crippen LogP contribution in [-0.2, 0) is 6.42 Å². The fraction of sp³-hybridized carbons (Fsp3) is 0.273. The van der Waals surface area contributed by atoms with Crippen LogP contribution in [0.3, 0.4) is 0 Å². The van der Waals surface area contributed by atoms with Crippen LogP contribution in [0.25, 0.3) is 10.9 Å². The molecule has 3 N–H and O–H groups in total. The summed E-state index contributed by atoms with van der Waals surface area (Å²) in [6.07, 6.45) is 4.21. The molecule has 0 spiro atoms. The van der Waals surface area contributed by atoms with E-state index in [2.05, 4.69) is 29.4 Å². The molecule has 2 aromatic rings. The first-order chi connectivity index (χ1) is 6.42. The molecule has 0 atom stereocenters. The van der Waals surface area contributed by atoms with Crippen LogP contribution in [0.5, 0.6) is 0 Å². The lowest BCUT2D eigenvalue weighted by atomic mass is 10.1. The molecular formula is C11H16Cl2N2. The highest BCUT2D eigenvalue weighted by atomic mass is 35.5. The molecule has 15 heavy (non-hydrogen) atoms. The van der Waals surface area contributed by atoms with Crippen LogP contribution in [0.2, 0.25) is 0 Å². The number of nitrogens with two attached hydrogens (primary N) is 1. The van der Waals surface area contributed by atoms with Gasteiger partial charge in [0.1, 0.15) is 0 Å². The van der Waals surface area contributed by atoms with E-state index in [-0.39, 0.29) is 24.8 Å². The van der Waals surface area contributed by atoms with Crippen LogP contribution in [0.15, 0.2) is 30.5 Å². The molecule has 0 saturated heterocycles. The van der Waals surface area contributed by atoms with Crippen LogP contribution in [-0.4, -0.2) is 11.5 Å².